The zero-order chi connectivity index (χ0) is 14.5. The third kappa shape index (κ3) is 4.03. The molecule has 1 aromatic rings. The molecule has 0 aliphatic carbocycles. The van der Waals surface area contributed by atoms with E-state index < -0.39 is 26.3 Å². The van der Waals surface area contributed by atoms with Crippen molar-refractivity contribution in [2.45, 2.75) is 19.9 Å². The lowest BCUT2D eigenvalue weighted by atomic mass is 10.2. The van der Waals surface area contributed by atoms with Gasteiger partial charge in [0.25, 0.3) is 0 Å². The molecule has 0 heterocycles. The summed E-state index contributed by atoms with van der Waals surface area (Å²) >= 11 is 0. The van der Waals surface area contributed by atoms with E-state index in [0.29, 0.717) is 25.3 Å². The van der Waals surface area contributed by atoms with E-state index in [1.807, 2.05) is 0 Å². The van der Waals surface area contributed by atoms with Crippen LogP contribution >= 0.6 is 0 Å². The topological polar surface area (TPSA) is 27.7 Å². The third-order valence-corrected chi connectivity index (χ3v) is 5.40. The second-order valence-corrected chi connectivity index (χ2v) is 6.48. The Morgan fingerprint density at radius 1 is 1.00 bits per heavy atom. The Bertz CT molecular complexity index is 400. The van der Waals surface area contributed by atoms with Crippen LogP contribution in [0.2, 0.25) is 0 Å². The summed E-state index contributed by atoms with van der Waals surface area (Å²) in [5.41, 5.74) is -0.281. The van der Waals surface area contributed by atoms with E-state index >= 15 is 0 Å². The van der Waals surface area contributed by atoms with Gasteiger partial charge in [-0.25, -0.2) is 13.2 Å². The van der Waals surface area contributed by atoms with Gasteiger partial charge in [0, 0.05) is 44.1 Å². The van der Waals surface area contributed by atoms with Crippen LogP contribution in [0.15, 0.2) is 12.1 Å². The van der Waals surface area contributed by atoms with Gasteiger partial charge in [-0.3, -0.25) is 0 Å². The molecule has 3 nitrogen and oxygen atoms in total. The lowest BCUT2D eigenvalue weighted by Crippen LogP contribution is -2.48. The Kier molecular flexibility index (Phi) is 5.99. The molecule has 0 N–H and O–H groups in total. The number of halogens is 3. The fourth-order valence-electron chi connectivity index (χ4n) is 1.73. The van der Waals surface area contributed by atoms with Gasteiger partial charge in [-0.15, -0.1) is 0 Å². The Hall–Kier alpha value is -0.893. The van der Waals surface area contributed by atoms with Crippen LogP contribution in [0.3, 0.4) is 0 Å². The zero-order valence-corrected chi connectivity index (χ0v) is 12.1. The SMILES string of the molecule is CCO[Si](Cc1c(F)cc(F)cc1F)(OC)OCC. The molecule has 0 aliphatic heterocycles. The van der Waals surface area contributed by atoms with Crippen LogP contribution in [0.5, 0.6) is 0 Å². The summed E-state index contributed by atoms with van der Waals surface area (Å²) in [5, 5.41) is 0. The van der Waals surface area contributed by atoms with Gasteiger partial charge in [-0.1, -0.05) is 0 Å². The summed E-state index contributed by atoms with van der Waals surface area (Å²) in [5.74, 6) is -2.90. The molecule has 108 valence electrons. The molecule has 19 heavy (non-hydrogen) atoms. The van der Waals surface area contributed by atoms with Crippen molar-refractivity contribution in [2.24, 2.45) is 0 Å². The summed E-state index contributed by atoms with van der Waals surface area (Å²) in [4.78, 5) is 0. The summed E-state index contributed by atoms with van der Waals surface area (Å²) in [6.07, 6.45) is 0. The first kappa shape index (κ1) is 16.2. The lowest BCUT2D eigenvalue weighted by molar-refractivity contribution is 0.0851. The number of hydrogen-bond acceptors (Lipinski definition) is 3. The standard InChI is InChI=1S/C12H17F3O3Si/c1-4-17-19(16-3,18-5-2)8-10-11(14)6-9(13)7-12(10)15/h6-7H,4-5,8H2,1-3H3. The van der Waals surface area contributed by atoms with E-state index in [1.165, 1.54) is 7.11 Å². The molecule has 7 heteroatoms. The van der Waals surface area contributed by atoms with Gasteiger partial charge < -0.3 is 13.3 Å². The van der Waals surface area contributed by atoms with E-state index in [2.05, 4.69) is 0 Å². The van der Waals surface area contributed by atoms with Gasteiger partial charge in [0.05, 0.1) is 0 Å². The van der Waals surface area contributed by atoms with Crippen LogP contribution in [0.4, 0.5) is 13.2 Å². The molecule has 0 fully saturated rings. The van der Waals surface area contributed by atoms with Gasteiger partial charge in [0.15, 0.2) is 0 Å². The van der Waals surface area contributed by atoms with Gasteiger partial charge >= 0.3 is 8.80 Å². The minimum absolute atomic E-state index is 0.177. The molecule has 0 saturated heterocycles. The zero-order valence-electron chi connectivity index (χ0n) is 11.1. The van der Waals surface area contributed by atoms with Crippen molar-refractivity contribution in [3.8, 4) is 0 Å². The predicted octanol–water partition coefficient (Wildman–Crippen LogP) is 2.84. The molecule has 0 radical (unpaired) electrons. The van der Waals surface area contributed by atoms with Crippen LogP contribution in [0.1, 0.15) is 19.4 Å². The fourth-order valence-corrected chi connectivity index (χ4v) is 4.05. The minimum Gasteiger partial charge on any atom is -0.377 e. The highest BCUT2D eigenvalue weighted by Gasteiger charge is 2.41. The van der Waals surface area contributed by atoms with E-state index in [1.54, 1.807) is 13.8 Å². The van der Waals surface area contributed by atoms with Gasteiger partial charge in [-0.05, 0) is 13.8 Å². The summed E-state index contributed by atoms with van der Waals surface area (Å²) in [7, 11) is -1.82. The molecular formula is C12H17F3O3Si. The Balaban J connectivity index is 3.08. The molecule has 0 spiro atoms. The van der Waals surface area contributed by atoms with Gasteiger partial charge in [0.2, 0.25) is 0 Å². The van der Waals surface area contributed by atoms with E-state index in [-0.39, 0.29) is 11.6 Å². The average molecular weight is 294 g/mol. The summed E-state index contributed by atoms with van der Waals surface area (Å²) < 4.78 is 56.2. The van der Waals surface area contributed by atoms with Crippen molar-refractivity contribution >= 4 is 8.80 Å². The van der Waals surface area contributed by atoms with Crippen molar-refractivity contribution in [1.82, 2.24) is 0 Å². The monoisotopic (exact) mass is 294 g/mol. The second-order valence-electron chi connectivity index (χ2n) is 3.78. The highest BCUT2D eigenvalue weighted by Crippen LogP contribution is 2.22. The van der Waals surface area contributed by atoms with Crippen molar-refractivity contribution in [3.63, 3.8) is 0 Å². The first-order valence-electron chi connectivity index (χ1n) is 5.94. The maximum Gasteiger partial charge on any atom is 0.505 e. The van der Waals surface area contributed by atoms with Gasteiger partial charge in [0.1, 0.15) is 17.5 Å². The van der Waals surface area contributed by atoms with Crippen LogP contribution in [0, 0.1) is 17.5 Å². The molecular weight excluding hydrogens is 277 g/mol. The Labute approximate surface area is 111 Å². The largest absolute Gasteiger partial charge is 0.505 e. The van der Waals surface area contributed by atoms with E-state index in [9.17, 15) is 13.2 Å². The third-order valence-electron chi connectivity index (χ3n) is 2.54. The van der Waals surface area contributed by atoms with E-state index in [4.69, 9.17) is 13.3 Å². The van der Waals surface area contributed by atoms with Gasteiger partial charge in [-0.2, -0.15) is 0 Å². The Morgan fingerprint density at radius 2 is 1.47 bits per heavy atom. The maximum absolute atomic E-state index is 13.6. The molecule has 1 rings (SSSR count). The number of rotatable bonds is 7. The molecule has 0 aromatic heterocycles. The first-order valence-corrected chi connectivity index (χ1v) is 7.87. The molecule has 0 saturated carbocycles. The van der Waals surface area contributed by atoms with Crippen molar-refractivity contribution < 1.29 is 26.4 Å². The molecule has 0 unspecified atom stereocenters. The molecule has 0 aliphatic rings. The fraction of sp³-hybridized carbons (Fsp3) is 0.500. The predicted molar refractivity (Wildman–Crippen MR) is 66.0 cm³/mol. The van der Waals surface area contributed by atoms with Crippen LogP contribution in [-0.2, 0) is 19.3 Å². The number of hydrogen-bond donors (Lipinski definition) is 0. The van der Waals surface area contributed by atoms with Crippen LogP contribution in [-0.4, -0.2) is 29.1 Å². The quantitative estimate of drug-likeness (QED) is 0.724. The second kappa shape index (κ2) is 7.04. The number of benzene rings is 1. The summed E-state index contributed by atoms with van der Waals surface area (Å²) in [6.45, 7) is 4.06. The maximum atomic E-state index is 13.6. The lowest BCUT2D eigenvalue weighted by Gasteiger charge is -2.27. The van der Waals surface area contributed by atoms with Crippen molar-refractivity contribution in [3.05, 3.63) is 35.1 Å². The minimum atomic E-state index is -3.19. The summed E-state index contributed by atoms with van der Waals surface area (Å²) in [6, 6.07) is 1.08. The Morgan fingerprint density at radius 3 is 1.84 bits per heavy atom. The van der Waals surface area contributed by atoms with Crippen LogP contribution < -0.4 is 0 Å². The molecule has 1 aromatic carbocycles. The van der Waals surface area contributed by atoms with Crippen molar-refractivity contribution in [2.75, 3.05) is 20.3 Å². The first-order chi connectivity index (χ1) is 8.98. The van der Waals surface area contributed by atoms with Crippen LogP contribution in [0.25, 0.3) is 0 Å². The highest BCUT2D eigenvalue weighted by molar-refractivity contribution is 6.60. The van der Waals surface area contributed by atoms with Crippen molar-refractivity contribution in [1.29, 1.82) is 0 Å². The molecule has 0 atom stereocenters. The molecule has 0 bridgehead atoms. The molecule has 0 amide bonds. The average Bonchev–Trinajstić information content (AvgIpc) is 2.34. The van der Waals surface area contributed by atoms with E-state index in [0.717, 1.165) is 0 Å². The normalized spacial score (nSPS) is 11.9. The smallest absolute Gasteiger partial charge is 0.377 e. The highest BCUT2D eigenvalue weighted by atomic mass is 28.4.